The third kappa shape index (κ3) is 2.43. The monoisotopic (exact) mass is 364 g/mol. The zero-order valence-electron chi connectivity index (χ0n) is 9.75. The summed E-state index contributed by atoms with van der Waals surface area (Å²) < 4.78 is 6.34. The molecule has 0 aliphatic carbocycles. The van der Waals surface area contributed by atoms with Crippen molar-refractivity contribution >= 4 is 28.3 Å². The summed E-state index contributed by atoms with van der Waals surface area (Å²) in [5, 5.41) is 3.96. The second-order valence-electron chi connectivity index (χ2n) is 3.89. The van der Waals surface area contributed by atoms with E-state index in [-0.39, 0.29) is 0 Å². The molecule has 0 unspecified atom stereocenters. The molecule has 2 N–H and O–H groups in total. The van der Waals surface area contributed by atoms with Crippen LogP contribution in [0.5, 0.6) is 0 Å². The number of hydrogen-bond acceptors (Lipinski definition) is 5. The first kappa shape index (κ1) is 12.1. The smallest absolute Gasteiger partial charge is 0.260 e. The summed E-state index contributed by atoms with van der Waals surface area (Å²) in [7, 11) is 0. The van der Waals surface area contributed by atoms with Gasteiger partial charge in [-0.25, -0.2) is 0 Å². The van der Waals surface area contributed by atoms with Gasteiger partial charge in [-0.2, -0.15) is 4.98 Å². The Balaban J connectivity index is 2.04. The van der Waals surface area contributed by atoms with Crippen LogP contribution in [-0.4, -0.2) is 15.1 Å². The van der Waals surface area contributed by atoms with Gasteiger partial charge in [0.15, 0.2) is 0 Å². The highest BCUT2D eigenvalue weighted by molar-refractivity contribution is 14.1. The van der Waals surface area contributed by atoms with Gasteiger partial charge < -0.3 is 10.3 Å². The lowest BCUT2D eigenvalue weighted by molar-refractivity contribution is 0.432. The van der Waals surface area contributed by atoms with Crippen molar-refractivity contribution in [3.8, 4) is 22.8 Å². The zero-order valence-corrected chi connectivity index (χ0v) is 11.9. The molecule has 0 aliphatic rings. The van der Waals surface area contributed by atoms with E-state index in [9.17, 15) is 0 Å². The van der Waals surface area contributed by atoms with E-state index < -0.39 is 0 Å². The summed E-state index contributed by atoms with van der Waals surface area (Å²) in [6, 6.07) is 9.33. The van der Waals surface area contributed by atoms with Gasteiger partial charge in [0.05, 0.1) is 5.56 Å². The van der Waals surface area contributed by atoms with Gasteiger partial charge in [0.25, 0.3) is 5.89 Å². The van der Waals surface area contributed by atoms with E-state index in [1.54, 1.807) is 12.4 Å². The third-order valence-corrected chi connectivity index (χ3v) is 3.28. The van der Waals surface area contributed by atoms with Gasteiger partial charge in [0.2, 0.25) is 5.82 Å². The maximum absolute atomic E-state index is 5.93. The van der Waals surface area contributed by atoms with E-state index in [4.69, 9.17) is 10.3 Å². The summed E-state index contributed by atoms with van der Waals surface area (Å²) in [6.45, 7) is 0. The molecule has 0 radical (unpaired) electrons. The van der Waals surface area contributed by atoms with Crippen molar-refractivity contribution in [2.45, 2.75) is 0 Å². The summed E-state index contributed by atoms with van der Waals surface area (Å²) in [6.07, 6.45) is 3.37. The molecule has 3 rings (SSSR count). The molecule has 0 atom stereocenters. The molecule has 2 heterocycles. The maximum atomic E-state index is 5.93. The molecule has 6 heteroatoms. The van der Waals surface area contributed by atoms with E-state index in [1.165, 1.54) is 0 Å². The van der Waals surface area contributed by atoms with Crippen molar-refractivity contribution in [2.75, 3.05) is 5.73 Å². The number of anilines is 1. The van der Waals surface area contributed by atoms with Crippen LogP contribution >= 0.6 is 22.6 Å². The number of benzene rings is 1. The summed E-state index contributed by atoms with van der Waals surface area (Å²) in [4.78, 5) is 8.32. The van der Waals surface area contributed by atoms with Crippen LogP contribution in [0, 0.1) is 3.57 Å². The van der Waals surface area contributed by atoms with E-state index in [2.05, 4.69) is 37.7 Å². The van der Waals surface area contributed by atoms with E-state index in [0.717, 1.165) is 14.7 Å². The van der Waals surface area contributed by atoms with Gasteiger partial charge >= 0.3 is 0 Å². The van der Waals surface area contributed by atoms with E-state index in [0.29, 0.717) is 17.4 Å². The largest absolute Gasteiger partial charge is 0.398 e. The highest BCUT2D eigenvalue weighted by Gasteiger charge is 2.13. The van der Waals surface area contributed by atoms with Crippen LogP contribution in [0.1, 0.15) is 0 Å². The fraction of sp³-hybridized carbons (Fsp3) is 0. The highest BCUT2D eigenvalue weighted by Crippen LogP contribution is 2.27. The van der Waals surface area contributed by atoms with Gasteiger partial charge in [-0.05, 0) is 52.9 Å². The van der Waals surface area contributed by atoms with Gasteiger partial charge in [-0.1, -0.05) is 5.16 Å². The second kappa shape index (κ2) is 4.96. The predicted octanol–water partition coefficient (Wildman–Crippen LogP) is 2.99. The third-order valence-electron chi connectivity index (χ3n) is 2.61. The van der Waals surface area contributed by atoms with Crippen molar-refractivity contribution < 1.29 is 4.52 Å². The number of nitrogen functional groups attached to an aromatic ring is 1. The molecule has 0 amide bonds. The fourth-order valence-electron chi connectivity index (χ4n) is 1.66. The molecule has 0 fully saturated rings. The van der Waals surface area contributed by atoms with Crippen LogP contribution in [0.4, 0.5) is 5.69 Å². The Morgan fingerprint density at radius 3 is 2.68 bits per heavy atom. The molecule has 2 aromatic heterocycles. The average Bonchev–Trinajstić information content (AvgIpc) is 2.92. The standard InChI is InChI=1S/C13H9IN4O/c14-9-1-2-11(15)10(7-9)13-17-12(18-19-13)8-3-5-16-6-4-8/h1-7H,15H2. The molecule has 0 aliphatic heterocycles. The molecule has 1 aromatic carbocycles. The van der Waals surface area contributed by atoms with Crippen LogP contribution in [-0.2, 0) is 0 Å². The summed E-state index contributed by atoms with van der Waals surface area (Å²) >= 11 is 2.21. The molecule has 0 saturated heterocycles. The van der Waals surface area contributed by atoms with Crippen LogP contribution in [0.2, 0.25) is 0 Å². The molecule has 94 valence electrons. The molecular weight excluding hydrogens is 355 g/mol. The minimum absolute atomic E-state index is 0.419. The van der Waals surface area contributed by atoms with E-state index in [1.807, 2.05) is 30.3 Å². The Hall–Kier alpha value is -1.96. The van der Waals surface area contributed by atoms with E-state index >= 15 is 0 Å². The van der Waals surface area contributed by atoms with Crippen LogP contribution in [0.3, 0.4) is 0 Å². The number of rotatable bonds is 2. The minimum atomic E-state index is 0.419. The Labute approximate surface area is 123 Å². The van der Waals surface area contributed by atoms with Crippen molar-refractivity contribution in [1.82, 2.24) is 15.1 Å². The first-order valence-electron chi connectivity index (χ1n) is 5.53. The number of halogens is 1. The van der Waals surface area contributed by atoms with Crippen molar-refractivity contribution in [2.24, 2.45) is 0 Å². The molecule has 5 nitrogen and oxygen atoms in total. The molecular formula is C13H9IN4O. The Morgan fingerprint density at radius 1 is 1.11 bits per heavy atom. The Kier molecular flexibility index (Phi) is 3.16. The van der Waals surface area contributed by atoms with Crippen molar-refractivity contribution in [3.63, 3.8) is 0 Å². The molecule has 3 aromatic rings. The topological polar surface area (TPSA) is 77.8 Å². The van der Waals surface area contributed by atoms with Crippen LogP contribution in [0.15, 0.2) is 47.2 Å². The first-order valence-corrected chi connectivity index (χ1v) is 6.61. The number of nitrogens with zero attached hydrogens (tertiary/aromatic N) is 3. The number of hydrogen-bond donors (Lipinski definition) is 1. The maximum Gasteiger partial charge on any atom is 0.260 e. The van der Waals surface area contributed by atoms with Gasteiger partial charge in [0.1, 0.15) is 0 Å². The normalized spacial score (nSPS) is 10.6. The lowest BCUT2D eigenvalue weighted by Gasteiger charge is -2.00. The zero-order chi connectivity index (χ0) is 13.2. The van der Waals surface area contributed by atoms with Gasteiger partial charge in [0, 0.05) is 27.2 Å². The van der Waals surface area contributed by atoms with Crippen molar-refractivity contribution in [1.29, 1.82) is 0 Å². The predicted molar refractivity (Wildman–Crippen MR) is 80.1 cm³/mol. The number of aromatic nitrogens is 3. The van der Waals surface area contributed by atoms with Gasteiger partial charge in [-0.3, -0.25) is 4.98 Å². The minimum Gasteiger partial charge on any atom is -0.398 e. The van der Waals surface area contributed by atoms with Crippen molar-refractivity contribution in [3.05, 3.63) is 46.3 Å². The Bertz CT molecular complexity index is 712. The lowest BCUT2D eigenvalue weighted by atomic mass is 10.2. The average molecular weight is 364 g/mol. The molecule has 0 saturated carbocycles. The van der Waals surface area contributed by atoms with Gasteiger partial charge in [-0.15, -0.1) is 0 Å². The highest BCUT2D eigenvalue weighted by atomic mass is 127. The molecule has 0 spiro atoms. The fourth-order valence-corrected chi connectivity index (χ4v) is 2.16. The lowest BCUT2D eigenvalue weighted by Crippen LogP contribution is -1.91. The first-order chi connectivity index (χ1) is 9.24. The molecule has 19 heavy (non-hydrogen) atoms. The molecule has 0 bridgehead atoms. The summed E-state index contributed by atoms with van der Waals surface area (Å²) in [5.41, 5.74) is 8.15. The van der Waals surface area contributed by atoms with Crippen LogP contribution < -0.4 is 5.73 Å². The summed E-state index contributed by atoms with van der Waals surface area (Å²) in [5.74, 6) is 0.943. The second-order valence-corrected chi connectivity index (χ2v) is 5.14. The quantitative estimate of drug-likeness (QED) is 0.559. The number of nitrogens with two attached hydrogens (primary N) is 1. The number of pyridine rings is 1. The SMILES string of the molecule is Nc1ccc(I)cc1-c1nc(-c2ccncc2)no1. The Morgan fingerprint density at radius 2 is 1.89 bits per heavy atom. The van der Waals surface area contributed by atoms with Crippen LogP contribution in [0.25, 0.3) is 22.8 Å².